The predicted molar refractivity (Wildman–Crippen MR) is 33.6 cm³/mol. The van der Waals surface area contributed by atoms with Gasteiger partial charge in [-0.3, -0.25) is 10.1 Å². The molecule has 0 radical (unpaired) electrons. The fourth-order valence-electron chi connectivity index (χ4n) is 1.16. The molecule has 5 heteroatoms. The number of hydrogen-bond donors (Lipinski definition) is 2. The third-order valence-electron chi connectivity index (χ3n) is 1.78. The highest BCUT2D eigenvalue weighted by Gasteiger charge is 2.33. The number of carboxylic acids is 1. The molecule has 1 aliphatic rings. The molecule has 0 aliphatic carbocycles. The standard InChI is InChI=1S/C6H9F2NO2/c7-5(8)3-1-2-4(9-3)6(10)11/h3-5,9H,1-2H2,(H,10,11). The van der Waals surface area contributed by atoms with Crippen LogP contribution < -0.4 is 5.32 Å². The van der Waals surface area contributed by atoms with Gasteiger partial charge in [-0.05, 0) is 12.8 Å². The van der Waals surface area contributed by atoms with Crippen LogP contribution in [0.1, 0.15) is 12.8 Å². The molecule has 0 aromatic rings. The van der Waals surface area contributed by atoms with E-state index in [1.165, 1.54) is 0 Å². The average Bonchev–Trinajstić information content (AvgIpc) is 2.33. The fourth-order valence-corrected chi connectivity index (χ4v) is 1.16. The van der Waals surface area contributed by atoms with Crippen LogP contribution in [0.3, 0.4) is 0 Å². The quantitative estimate of drug-likeness (QED) is 0.624. The Morgan fingerprint density at radius 3 is 2.45 bits per heavy atom. The molecule has 0 aromatic heterocycles. The van der Waals surface area contributed by atoms with E-state index in [2.05, 4.69) is 5.32 Å². The second-order valence-corrected chi connectivity index (χ2v) is 2.58. The van der Waals surface area contributed by atoms with Gasteiger partial charge in [-0.2, -0.15) is 0 Å². The van der Waals surface area contributed by atoms with Gasteiger partial charge in [0, 0.05) is 0 Å². The van der Waals surface area contributed by atoms with Crippen LogP contribution in [0.2, 0.25) is 0 Å². The maximum Gasteiger partial charge on any atom is 0.320 e. The molecule has 1 aliphatic heterocycles. The summed E-state index contributed by atoms with van der Waals surface area (Å²) in [6, 6.07) is -1.72. The molecule has 2 unspecified atom stereocenters. The molecule has 1 saturated heterocycles. The van der Waals surface area contributed by atoms with E-state index in [4.69, 9.17) is 5.11 Å². The van der Waals surface area contributed by atoms with Gasteiger partial charge in [0.1, 0.15) is 6.04 Å². The smallest absolute Gasteiger partial charge is 0.320 e. The van der Waals surface area contributed by atoms with Crippen LogP contribution in [-0.2, 0) is 4.79 Å². The lowest BCUT2D eigenvalue weighted by Crippen LogP contribution is -2.38. The number of rotatable bonds is 2. The van der Waals surface area contributed by atoms with Gasteiger partial charge in [0.25, 0.3) is 6.43 Å². The zero-order valence-corrected chi connectivity index (χ0v) is 5.76. The minimum absolute atomic E-state index is 0.245. The number of carbonyl (C=O) groups is 1. The molecule has 0 spiro atoms. The number of alkyl halides is 2. The molecule has 11 heavy (non-hydrogen) atoms. The van der Waals surface area contributed by atoms with E-state index < -0.39 is 24.5 Å². The Balaban J connectivity index is 2.41. The minimum Gasteiger partial charge on any atom is -0.480 e. The first kappa shape index (κ1) is 8.39. The molecule has 0 aromatic carbocycles. The molecule has 2 N–H and O–H groups in total. The van der Waals surface area contributed by atoms with Crippen molar-refractivity contribution in [2.45, 2.75) is 31.4 Å². The van der Waals surface area contributed by atoms with Crippen LogP contribution in [0.15, 0.2) is 0 Å². The van der Waals surface area contributed by atoms with Gasteiger partial charge in [-0.15, -0.1) is 0 Å². The predicted octanol–water partition coefficient (Wildman–Crippen LogP) is 0.457. The van der Waals surface area contributed by atoms with Crippen molar-refractivity contribution in [2.24, 2.45) is 0 Å². The van der Waals surface area contributed by atoms with Gasteiger partial charge in [0.15, 0.2) is 0 Å². The number of hydrogen-bond acceptors (Lipinski definition) is 2. The zero-order valence-electron chi connectivity index (χ0n) is 5.76. The van der Waals surface area contributed by atoms with Gasteiger partial charge in [0.05, 0.1) is 6.04 Å². The fraction of sp³-hybridized carbons (Fsp3) is 0.833. The van der Waals surface area contributed by atoms with E-state index >= 15 is 0 Å². The van der Waals surface area contributed by atoms with Gasteiger partial charge in [-0.1, -0.05) is 0 Å². The third kappa shape index (κ3) is 1.86. The Hall–Kier alpha value is -0.710. The second kappa shape index (κ2) is 3.13. The monoisotopic (exact) mass is 165 g/mol. The molecule has 1 fully saturated rings. The Morgan fingerprint density at radius 1 is 1.55 bits per heavy atom. The topological polar surface area (TPSA) is 49.3 Å². The number of aliphatic carboxylic acids is 1. The second-order valence-electron chi connectivity index (χ2n) is 2.58. The molecule has 3 nitrogen and oxygen atoms in total. The summed E-state index contributed by atoms with van der Waals surface area (Å²) in [5.74, 6) is -1.05. The lowest BCUT2D eigenvalue weighted by atomic mass is 10.2. The first-order valence-corrected chi connectivity index (χ1v) is 3.38. The van der Waals surface area contributed by atoms with Crippen LogP contribution >= 0.6 is 0 Å². The molecular weight excluding hydrogens is 156 g/mol. The summed E-state index contributed by atoms with van der Waals surface area (Å²) in [6.07, 6.45) is -1.92. The first-order chi connectivity index (χ1) is 5.11. The van der Waals surface area contributed by atoms with E-state index in [1.807, 2.05) is 0 Å². The Morgan fingerprint density at radius 2 is 2.18 bits per heavy atom. The Labute approximate surface area is 62.4 Å². The summed E-state index contributed by atoms with van der Waals surface area (Å²) in [4.78, 5) is 10.3. The van der Waals surface area contributed by atoms with Crippen molar-refractivity contribution >= 4 is 5.97 Å². The van der Waals surface area contributed by atoms with Crippen molar-refractivity contribution in [1.82, 2.24) is 5.32 Å². The Kier molecular flexibility index (Phi) is 2.38. The van der Waals surface area contributed by atoms with E-state index in [9.17, 15) is 13.6 Å². The molecule has 2 atom stereocenters. The summed E-state index contributed by atoms with van der Waals surface area (Å²) in [5.41, 5.74) is 0. The maximum atomic E-state index is 11.9. The van der Waals surface area contributed by atoms with Gasteiger partial charge >= 0.3 is 5.97 Å². The number of halogens is 2. The largest absolute Gasteiger partial charge is 0.480 e. The van der Waals surface area contributed by atoms with Crippen molar-refractivity contribution < 1.29 is 18.7 Å². The average molecular weight is 165 g/mol. The van der Waals surface area contributed by atoms with Crippen molar-refractivity contribution in [1.29, 1.82) is 0 Å². The van der Waals surface area contributed by atoms with Gasteiger partial charge in [-0.25, -0.2) is 8.78 Å². The SMILES string of the molecule is O=C(O)C1CCC(C(F)F)N1. The molecule has 0 bridgehead atoms. The minimum atomic E-state index is -2.46. The van der Waals surface area contributed by atoms with Crippen LogP contribution in [0.4, 0.5) is 8.78 Å². The molecule has 0 amide bonds. The summed E-state index contributed by atoms with van der Waals surface area (Å²) >= 11 is 0. The highest BCUT2D eigenvalue weighted by Crippen LogP contribution is 2.17. The summed E-state index contributed by atoms with van der Waals surface area (Å²) in [7, 11) is 0. The Bertz CT molecular complexity index is 163. The summed E-state index contributed by atoms with van der Waals surface area (Å²) in [6.45, 7) is 0. The number of carboxylic acid groups (broad SMARTS) is 1. The third-order valence-corrected chi connectivity index (χ3v) is 1.78. The van der Waals surface area contributed by atoms with Crippen molar-refractivity contribution in [2.75, 3.05) is 0 Å². The summed E-state index contributed by atoms with van der Waals surface area (Å²) < 4.78 is 23.8. The normalized spacial score (nSPS) is 31.2. The molecule has 64 valence electrons. The summed E-state index contributed by atoms with van der Waals surface area (Å²) in [5, 5.41) is 10.7. The first-order valence-electron chi connectivity index (χ1n) is 3.38. The molecule has 1 heterocycles. The molecule has 1 rings (SSSR count). The van der Waals surface area contributed by atoms with E-state index in [1.54, 1.807) is 0 Å². The number of nitrogens with one attached hydrogen (secondary N) is 1. The lowest BCUT2D eigenvalue weighted by Gasteiger charge is -2.09. The highest BCUT2D eigenvalue weighted by atomic mass is 19.3. The molecular formula is C6H9F2NO2. The van der Waals surface area contributed by atoms with Crippen molar-refractivity contribution in [3.63, 3.8) is 0 Å². The van der Waals surface area contributed by atoms with E-state index in [0.717, 1.165) is 0 Å². The lowest BCUT2D eigenvalue weighted by molar-refractivity contribution is -0.139. The van der Waals surface area contributed by atoms with Gasteiger partial charge < -0.3 is 5.11 Å². The highest BCUT2D eigenvalue weighted by molar-refractivity contribution is 5.73. The molecule has 0 saturated carbocycles. The zero-order chi connectivity index (χ0) is 8.43. The van der Waals surface area contributed by atoms with Crippen LogP contribution in [-0.4, -0.2) is 29.6 Å². The van der Waals surface area contributed by atoms with Crippen LogP contribution in [0.5, 0.6) is 0 Å². The van der Waals surface area contributed by atoms with Crippen molar-refractivity contribution in [3.8, 4) is 0 Å². The van der Waals surface area contributed by atoms with Gasteiger partial charge in [0.2, 0.25) is 0 Å². The maximum absolute atomic E-state index is 11.9. The van der Waals surface area contributed by atoms with Crippen LogP contribution in [0, 0.1) is 0 Å². The van der Waals surface area contributed by atoms with Crippen molar-refractivity contribution in [3.05, 3.63) is 0 Å². The van der Waals surface area contributed by atoms with E-state index in [0.29, 0.717) is 6.42 Å². The van der Waals surface area contributed by atoms with E-state index in [-0.39, 0.29) is 6.42 Å². The van der Waals surface area contributed by atoms with Crippen LogP contribution in [0.25, 0.3) is 0 Å².